The first-order valence-electron chi connectivity index (χ1n) is 10.1. The third-order valence-electron chi connectivity index (χ3n) is 5.65. The Hall–Kier alpha value is -3.40. The van der Waals surface area contributed by atoms with Crippen LogP contribution in [-0.4, -0.2) is 28.7 Å². The second-order valence-corrected chi connectivity index (χ2v) is 8.29. The number of nitrogens with zero attached hydrogens (tertiary/aromatic N) is 2. The molecule has 2 aromatic carbocycles. The fourth-order valence-electron chi connectivity index (χ4n) is 3.90. The normalized spacial score (nSPS) is 19.1. The molecule has 0 fully saturated rings. The molecule has 1 aromatic heterocycles. The monoisotopic (exact) mass is 478 g/mol. The standard InChI is InChI=1S/C22H18ClF3N4O3/c1-11-2-4-13(7-14(11)23)27-21(31)16-9-20-28-15(8-19(22(24,25)26)30(20)29-16)12-3-5-17-18(6-12)33-10-32-17/h2-7,9,15,19,28H,8,10H2,1H3,(H,27,31)/t15-,19-/m1/s1. The van der Waals surface area contributed by atoms with Crippen molar-refractivity contribution >= 4 is 29.0 Å². The lowest BCUT2D eigenvalue weighted by molar-refractivity contribution is -0.173. The number of ether oxygens (including phenoxy) is 2. The second-order valence-electron chi connectivity index (χ2n) is 7.88. The largest absolute Gasteiger partial charge is 0.454 e. The molecule has 0 aliphatic carbocycles. The van der Waals surface area contributed by atoms with E-state index in [0.717, 1.165) is 10.2 Å². The molecule has 5 rings (SSSR count). The first-order chi connectivity index (χ1) is 15.7. The molecule has 3 aromatic rings. The Bertz CT molecular complexity index is 1240. The lowest BCUT2D eigenvalue weighted by Gasteiger charge is -2.33. The summed E-state index contributed by atoms with van der Waals surface area (Å²) in [6.45, 7) is 1.89. The van der Waals surface area contributed by atoms with E-state index in [2.05, 4.69) is 15.7 Å². The molecule has 2 N–H and O–H groups in total. The number of nitrogens with one attached hydrogen (secondary N) is 2. The van der Waals surface area contributed by atoms with Gasteiger partial charge in [-0.1, -0.05) is 23.7 Å². The van der Waals surface area contributed by atoms with Gasteiger partial charge < -0.3 is 20.1 Å². The molecule has 33 heavy (non-hydrogen) atoms. The van der Waals surface area contributed by atoms with Crippen LogP contribution in [0.3, 0.4) is 0 Å². The van der Waals surface area contributed by atoms with Crippen LogP contribution in [0.15, 0.2) is 42.5 Å². The van der Waals surface area contributed by atoms with Crippen molar-refractivity contribution in [2.75, 3.05) is 17.4 Å². The third kappa shape index (κ3) is 4.06. The van der Waals surface area contributed by atoms with Crippen molar-refractivity contribution in [3.8, 4) is 11.5 Å². The van der Waals surface area contributed by atoms with Crippen LogP contribution >= 0.6 is 11.6 Å². The van der Waals surface area contributed by atoms with Crippen LogP contribution in [-0.2, 0) is 0 Å². The van der Waals surface area contributed by atoms with E-state index in [1.807, 2.05) is 6.92 Å². The summed E-state index contributed by atoms with van der Waals surface area (Å²) in [5, 5.41) is 10.1. The number of hydrogen-bond donors (Lipinski definition) is 2. The molecule has 3 heterocycles. The van der Waals surface area contributed by atoms with Crippen LogP contribution in [0.1, 0.15) is 40.1 Å². The van der Waals surface area contributed by atoms with Crippen molar-refractivity contribution in [2.24, 2.45) is 0 Å². The van der Waals surface area contributed by atoms with Crippen molar-refractivity contribution < 1.29 is 27.4 Å². The quantitative estimate of drug-likeness (QED) is 0.521. The molecule has 11 heteroatoms. The summed E-state index contributed by atoms with van der Waals surface area (Å²) >= 11 is 6.08. The molecule has 7 nitrogen and oxygen atoms in total. The van der Waals surface area contributed by atoms with E-state index >= 15 is 0 Å². The molecule has 0 saturated heterocycles. The number of fused-ring (bicyclic) bond motifs is 2. The van der Waals surface area contributed by atoms with Gasteiger partial charge in [-0.3, -0.25) is 4.79 Å². The summed E-state index contributed by atoms with van der Waals surface area (Å²) < 4.78 is 53.2. The molecule has 0 saturated carbocycles. The van der Waals surface area contributed by atoms with Gasteiger partial charge in [-0.15, -0.1) is 0 Å². The molecule has 0 radical (unpaired) electrons. The maximum Gasteiger partial charge on any atom is 0.410 e. The fraction of sp³-hybridized carbons (Fsp3) is 0.273. The second kappa shape index (κ2) is 7.87. The number of rotatable bonds is 3. The molecule has 172 valence electrons. The number of anilines is 2. The fourth-order valence-corrected chi connectivity index (χ4v) is 4.08. The Morgan fingerprint density at radius 3 is 2.73 bits per heavy atom. The topological polar surface area (TPSA) is 77.4 Å². The molecule has 0 bridgehead atoms. The van der Waals surface area contributed by atoms with E-state index in [0.29, 0.717) is 27.8 Å². The summed E-state index contributed by atoms with van der Waals surface area (Å²) in [6, 6.07) is 8.71. The number of carbonyl (C=O) groups is 1. The lowest BCUT2D eigenvalue weighted by atomic mass is 9.96. The predicted molar refractivity (Wildman–Crippen MR) is 115 cm³/mol. The minimum atomic E-state index is -4.56. The number of amides is 1. The van der Waals surface area contributed by atoms with E-state index in [-0.39, 0.29) is 24.7 Å². The molecule has 1 amide bonds. The SMILES string of the molecule is Cc1ccc(NC(=O)c2cc3n(n2)[C@@H](C(F)(F)F)C[C@H](c2ccc4c(c2)OCO4)N3)cc1Cl. The van der Waals surface area contributed by atoms with Gasteiger partial charge in [0.15, 0.2) is 23.2 Å². The van der Waals surface area contributed by atoms with Gasteiger partial charge >= 0.3 is 6.18 Å². The summed E-state index contributed by atoms with van der Waals surface area (Å²) in [6.07, 6.45) is -4.86. The first kappa shape index (κ1) is 21.4. The summed E-state index contributed by atoms with van der Waals surface area (Å²) in [7, 11) is 0. The Morgan fingerprint density at radius 2 is 1.97 bits per heavy atom. The highest BCUT2D eigenvalue weighted by Gasteiger charge is 2.47. The number of aryl methyl sites for hydroxylation is 1. The zero-order valence-corrected chi connectivity index (χ0v) is 18.0. The van der Waals surface area contributed by atoms with Crippen LogP contribution in [0.4, 0.5) is 24.7 Å². The van der Waals surface area contributed by atoms with Gasteiger partial charge in [0.25, 0.3) is 5.91 Å². The highest BCUT2D eigenvalue weighted by molar-refractivity contribution is 6.31. The minimum absolute atomic E-state index is 0.0689. The maximum atomic E-state index is 13.9. The third-order valence-corrected chi connectivity index (χ3v) is 6.06. The van der Waals surface area contributed by atoms with Gasteiger partial charge in [0.1, 0.15) is 5.82 Å². The average Bonchev–Trinajstić information content (AvgIpc) is 3.41. The molecule has 2 atom stereocenters. The molecule has 0 spiro atoms. The van der Waals surface area contributed by atoms with Gasteiger partial charge in [0, 0.05) is 23.2 Å². The zero-order chi connectivity index (χ0) is 23.3. The van der Waals surface area contributed by atoms with Gasteiger partial charge in [-0.2, -0.15) is 18.3 Å². The van der Waals surface area contributed by atoms with E-state index in [4.69, 9.17) is 21.1 Å². The predicted octanol–water partition coefficient (Wildman–Crippen LogP) is 5.49. The van der Waals surface area contributed by atoms with Crippen molar-refractivity contribution in [1.82, 2.24) is 9.78 Å². The number of aromatic nitrogens is 2. The Kier molecular flexibility index (Phi) is 5.12. The first-order valence-corrected chi connectivity index (χ1v) is 10.5. The molecule has 2 aliphatic rings. The smallest absolute Gasteiger partial charge is 0.410 e. The zero-order valence-electron chi connectivity index (χ0n) is 17.2. The van der Waals surface area contributed by atoms with Crippen LogP contribution < -0.4 is 20.1 Å². The summed E-state index contributed by atoms with van der Waals surface area (Å²) in [5.74, 6) is 0.480. The van der Waals surface area contributed by atoms with Gasteiger partial charge in [-0.25, -0.2) is 4.68 Å². The van der Waals surface area contributed by atoms with Crippen LogP contribution in [0, 0.1) is 6.92 Å². The van der Waals surface area contributed by atoms with Crippen molar-refractivity contribution in [2.45, 2.75) is 31.6 Å². The van der Waals surface area contributed by atoms with Crippen molar-refractivity contribution in [1.29, 1.82) is 0 Å². The van der Waals surface area contributed by atoms with Crippen molar-refractivity contribution in [3.63, 3.8) is 0 Å². The van der Waals surface area contributed by atoms with E-state index < -0.39 is 24.2 Å². The Morgan fingerprint density at radius 1 is 1.18 bits per heavy atom. The highest BCUT2D eigenvalue weighted by Crippen LogP contribution is 2.45. The molecular weight excluding hydrogens is 461 g/mol. The van der Waals surface area contributed by atoms with E-state index in [9.17, 15) is 18.0 Å². The van der Waals surface area contributed by atoms with Gasteiger partial charge in [0.05, 0.1) is 6.04 Å². The number of carbonyl (C=O) groups excluding carboxylic acids is 1. The van der Waals surface area contributed by atoms with Crippen LogP contribution in [0.25, 0.3) is 0 Å². The highest BCUT2D eigenvalue weighted by atomic mass is 35.5. The maximum absolute atomic E-state index is 13.9. The average molecular weight is 479 g/mol. The molecular formula is C22H18ClF3N4O3. The number of hydrogen-bond acceptors (Lipinski definition) is 5. The summed E-state index contributed by atoms with van der Waals surface area (Å²) in [4.78, 5) is 12.7. The van der Waals surface area contributed by atoms with Crippen LogP contribution in [0.2, 0.25) is 5.02 Å². The van der Waals surface area contributed by atoms with E-state index in [1.54, 1.807) is 36.4 Å². The minimum Gasteiger partial charge on any atom is -0.454 e. The summed E-state index contributed by atoms with van der Waals surface area (Å²) in [5.41, 5.74) is 1.72. The Labute approximate surface area is 191 Å². The van der Waals surface area contributed by atoms with E-state index in [1.165, 1.54) is 6.07 Å². The number of benzene rings is 2. The molecule has 0 unspecified atom stereocenters. The van der Waals surface area contributed by atoms with Gasteiger partial charge in [-0.05, 0) is 42.3 Å². The van der Waals surface area contributed by atoms with Crippen LogP contribution in [0.5, 0.6) is 11.5 Å². The Balaban J connectivity index is 1.44. The number of halogens is 4. The lowest BCUT2D eigenvalue weighted by Crippen LogP contribution is -2.35. The van der Waals surface area contributed by atoms with Gasteiger partial charge in [0.2, 0.25) is 6.79 Å². The molecule has 2 aliphatic heterocycles. The van der Waals surface area contributed by atoms with Crippen molar-refractivity contribution in [3.05, 3.63) is 64.3 Å². The number of alkyl halides is 3.